The fourth-order valence-electron chi connectivity index (χ4n) is 3.63. The topological polar surface area (TPSA) is 84.9 Å². The summed E-state index contributed by atoms with van der Waals surface area (Å²) in [5.41, 5.74) is 3.09. The Morgan fingerprint density at radius 3 is 2.17 bits per heavy atom. The lowest BCUT2D eigenvalue weighted by atomic mass is 10.0. The quantitative estimate of drug-likeness (QED) is 0.218. The number of rotatable bonds is 10. The number of benzene rings is 4. The highest BCUT2D eigenvalue weighted by Gasteiger charge is 2.19. The fraction of sp³-hybridized carbons (Fsp3) is 0.103. The predicted octanol–water partition coefficient (Wildman–Crippen LogP) is 6.66. The summed E-state index contributed by atoms with van der Waals surface area (Å²) >= 11 is 3.33. The van der Waals surface area contributed by atoms with Crippen LogP contribution in [0.15, 0.2) is 97.1 Å². The number of hydrogen-bond acceptors (Lipinski definition) is 4. The number of carboxylic acid groups (broad SMARTS) is 1. The molecule has 0 saturated carbocycles. The number of halogens is 1. The Morgan fingerprint density at radius 1 is 0.778 bits per heavy atom. The van der Waals surface area contributed by atoms with Gasteiger partial charge in [0, 0.05) is 11.4 Å². The van der Waals surface area contributed by atoms with Gasteiger partial charge in [0.15, 0.2) is 0 Å². The maximum absolute atomic E-state index is 13.4. The Hall–Kier alpha value is -4.10. The lowest BCUT2D eigenvalue weighted by molar-refractivity contribution is 0.0698. The van der Waals surface area contributed by atoms with E-state index in [1.807, 2.05) is 60.7 Å². The Bertz CT molecular complexity index is 1340. The second kappa shape index (κ2) is 12.0. The van der Waals surface area contributed by atoms with Crippen LogP contribution >= 0.6 is 15.9 Å². The third-order valence-corrected chi connectivity index (χ3v) is 5.71. The van der Waals surface area contributed by atoms with Crippen LogP contribution in [-0.4, -0.2) is 28.9 Å². The van der Waals surface area contributed by atoms with Crippen molar-refractivity contribution in [1.82, 2.24) is 0 Å². The summed E-state index contributed by atoms with van der Waals surface area (Å²) in [6.07, 6.45) is 0. The molecule has 0 radical (unpaired) electrons. The minimum absolute atomic E-state index is 0.00735. The van der Waals surface area contributed by atoms with Crippen LogP contribution in [0.5, 0.6) is 11.5 Å². The number of amides is 1. The highest BCUT2D eigenvalue weighted by Crippen LogP contribution is 2.30. The van der Waals surface area contributed by atoms with E-state index >= 15 is 0 Å². The smallest absolute Gasteiger partial charge is 0.337 e. The van der Waals surface area contributed by atoms with Crippen molar-refractivity contribution in [1.29, 1.82) is 0 Å². The van der Waals surface area contributed by atoms with E-state index in [0.717, 1.165) is 16.7 Å². The summed E-state index contributed by atoms with van der Waals surface area (Å²) in [5.74, 6) is -0.729. The van der Waals surface area contributed by atoms with Crippen molar-refractivity contribution in [3.63, 3.8) is 0 Å². The summed E-state index contributed by atoms with van der Waals surface area (Å²) < 4.78 is 11.7. The van der Waals surface area contributed by atoms with Gasteiger partial charge in [0.25, 0.3) is 5.91 Å². The van der Waals surface area contributed by atoms with Gasteiger partial charge in [-0.05, 0) is 41.0 Å². The van der Waals surface area contributed by atoms with Gasteiger partial charge in [-0.25, -0.2) is 4.79 Å². The second-order valence-electron chi connectivity index (χ2n) is 7.86. The minimum Gasteiger partial charge on any atom is -0.493 e. The molecule has 0 unspecified atom stereocenters. The zero-order valence-corrected chi connectivity index (χ0v) is 20.9. The number of carbonyl (C=O) groups excluding carboxylic acids is 1. The van der Waals surface area contributed by atoms with Gasteiger partial charge < -0.3 is 19.9 Å². The molecule has 36 heavy (non-hydrogen) atoms. The molecule has 0 saturated heterocycles. The number of nitrogens with one attached hydrogen (secondary N) is 1. The standard InChI is InChI=1S/C29H24BrNO5/c30-15-16-35-23-12-14-25(27(18-23)36-19-20-7-3-1-4-8-20)28(32)31-26-17-22(11-13-24(26)29(33)34)21-9-5-2-6-10-21/h1-14,17-18H,15-16,19H2,(H,31,32)(H,33,34). The number of aromatic carboxylic acids is 1. The number of anilines is 1. The predicted molar refractivity (Wildman–Crippen MR) is 143 cm³/mol. The largest absolute Gasteiger partial charge is 0.493 e. The molecule has 0 aliphatic rings. The number of carboxylic acids is 1. The van der Waals surface area contributed by atoms with Crippen molar-refractivity contribution in [2.45, 2.75) is 6.61 Å². The van der Waals surface area contributed by atoms with Gasteiger partial charge in [0.05, 0.1) is 23.4 Å². The molecule has 1 amide bonds. The summed E-state index contributed by atoms with van der Waals surface area (Å²) in [7, 11) is 0. The molecular weight excluding hydrogens is 522 g/mol. The first-order valence-electron chi connectivity index (χ1n) is 11.3. The molecule has 4 aromatic rings. The van der Waals surface area contributed by atoms with Crippen LogP contribution in [0.25, 0.3) is 11.1 Å². The van der Waals surface area contributed by atoms with Crippen molar-refractivity contribution in [2.75, 3.05) is 17.3 Å². The first-order chi connectivity index (χ1) is 17.5. The molecule has 2 N–H and O–H groups in total. The molecule has 0 aliphatic heterocycles. The SMILES string of the molecule is O=C(O)c1ccc(-c2ccccc2)cc1NC(=O)c1ccc(OCCBr)cc1OCc1ccccc1. The Balaban J connectivity index is 1.64. The number of ether oxygens (including phenoxy) is 2. The van der Waals surface area contributed by atoms with Crippen LogP contribution in [0, 0.1) is 0 Å². The average molecular weight is 546 g/mol. The normalized spacial score (nSPS) is 10.5. The van der Waals surface area contributed by atoms with E-state index in [-0.39, 0.29) is 23.4 Å². The van der Waals surface area contributed by atoms with Crippen LogP contribution in [-0.2, 0) is 6.61 Å². The molecular formula is C29H24BrNO5. The molecule has 182 valence electrons. The number of carbonyl (C=O) groups is 2. The van der Waals surface area contributed by atoms with Gasteiger partial charge >= 0.3 is 5.97 Å². The Kier molecular flexibility index (Phi) is 8.36. The first kappa shape index (κ1) is 25.0. The van der Waals surface area contributed by atoms with Gasteiger partial charge in [-0.3, -0.25) is 4.79 Å². The molecule has 6 nitrogen and oxygen atoms in total. The fourth-order valence-corrected chi connectivity index (χ4v) is 3.79. The van der Waals surface area contributed by atoms with Gasteiger partial charge in [-0.2, -0.15) is 0 Å². The number of hydrogen-bond donors (Lipinski definition) is 2. The molecule has 0 aliphatic carbocycles. The van der Waals surface area contributed by atoms with Gasteiger partial charge in [0.2, 0.25) is 0 Å². The van der Waals surface area contributed by atoms with Crippen LogP contribution in [0.2, 0.25) is 0 Å². The lowest BCUT2D eigenvalue weighted by Crippen LogP contribution is -2.16. The van der Waals surface area contributed by atoms with Crippen molar-refractivity contribution in [3.8, 4) is 22.6 Å². The van der Waals surface area contributed by atoms with Crippen molar-refractivity contribution in [3.05, 3.63) is 114 Å². The van der Waals surface area contributed by atoms with Crippen LogP contribution in [0.1, 0.15) is 26.3 Å². The van der Waals surface area contributed by atoms with Crippen LogP contribution in [0.3, 0.4) is 0 Å². The van der Waals surface area contributed by atoms with Crippen LogP contribution in [0.4, 0.5) is 5.69 Å². The minimum atomic E-state index is -1.14. The molecule has 0 fully saturated rings. The Morgan fingerprint density at radius 2 is 1.47 bits per heavy atom. The third kappa shape index (κ3) is 6.31. The van der Waals surface area contributed by atoms with E-state index < -0.39 is 11.9 Å². The van der Waals surface area contributed by atoms with E-state index in [2.05, 4.69) is 21.2 Å². The summed E-state index contributed by atoms with van der Waals surface area (Å²) in [5, 5.41) is 13.1. The molecule has 4 rings (SSSR count). The van der Waals surface area contributed by atoms with E-state index in [9.17, 15) is 14.7 Å². The summed E-state index contributed by atoms with van der Waals surface area (Å²) in [6.45, 7) is 0.713. The van der Waals surface area contributed by atoms with E-state index in [4.69, 9.17) is 9.47 Å². The van der Waals surface area contributed by atoms with Gasteiger partial charge in [0.1, 0.15) is 18.1 Å². The number of alkyl halides is 1. The third-order valence-electron chi connectivity index (χ3n) is 5.39. The highest BCUT2D eigenvalue weighted by atomic mass is 79.9. The summed E-state index contributed by atoms with van der Waals surface area (Å²) in [6, 6.07) is 29.0. The second-order valence-corrected chi connectivity index (χ2v) is 8.65. The molecule has 0 heterocycles. The molecule has 7 heteroatoms. The molecule has 0 spiro atoms. The molecule has 0 aromatic heterocycles. The zero-order chi connectivity index (χ0) is 25.3. The molecule has 0 atom stereocenters. The average Bonchev–Trinajstić information content (AvgIpc) is 2.91. The summed E-state index contributed by atoms with van der Waals surface area (Å²) in [4.78, 5) is 25.2. The maximum atomic E-state index is 13.4. The molecule has 4 aromatic carbocycles. The highest BCUT2D eigenvalue weighted by molar-refractivity contribution is 9.09. The van der Waals surface area contributed by atoms with E-state index in [0.29, 0.717) is 23.4 Å². The van der Waals surface area contributed by atoms with Crippen molar-refractivity contribution < 1.29 is 24.2 Å². The van der Waals surface area contributed by atoms with Crippen molar-refractivity contribution in [2.24, 2.45) is 0 Å². The monoisotopic (exact) mass is 545 g/mol. The van der Waals surface area contributed by atoms with Gasteiger partial charge in [-0.1, -0.05) is 82.7 Å². The van der Waals surface area contributed by atoms with Crippen LogP contribution < -0.4 is 14.8 Å². The zero-order valence-electron chi connectivity index (χ0n) is 19.3. The lowest BCUT2D eigenvalue weighted by Gasteiger charge is -2.15. The van der Waals surface area contributed by atoms with E-state index in [1.54, 1.807) is 30.3 Å². The van der Waals surface area contributed by atoms with E-state index in [1.165, 1.54) is 6.07 Å². The molecule has 0 bridgehead atoms. The Labute approximate surface area is 217 Å². The van der Waals surface area contributed by atoms with Crippen molar-refractivity contribution >= 4 is 33.5 Å². The van der Waals surface area contributed by atoms with Gasteiger partial charge in [-0.15, -0.1) is 0 Å². The maximum Gasteiger partial charge on any atom is 0.337 e. The first-order valence-corrected chi connectivity index (χ1v) is 12.4.